The highest BCUT2D eigenvalue weighted by Crippen LogP contribution is 2.31. The van der Waals surface area contributed by atoms with Gasteiger partial charge in [0.2, 0.25) is 5.88 Å². The van der Waals surface area contributed by atoms with Crippen molar-refractivity contribution in [3.05, 3.63) is 59.0 Å². The summed E-state index contributed by atoms with van der Waals surface area (Å²) in [5, 5.41) is 8.83. The summed E-state index contributed by atoms with van der Waals surface area (Å²) >= 11 is 0. The zero-order valence-electron chi connectivity index (χ0n) is 19.0. The van der Waals surface area contributed by atoms with Crippen molar-refractivity contribution < 1.29 is 14.3 Å². The van der Waals surface area contributed by atoms with Crippen LogP contribution in [0.1, 0.15) is 59.8 Å². The molecule has 0 unspecified atom stereocenters. The Morgan fingerprint density at radius 3 is 2.73 bits per heavy atom. The Balaban J connectivity index is 1.52. The Hall–Kier alpha value is -3.75. The van der Waals surface area contributed by atoms with E-state index in [2.05, 4.69) is 45.3 Å². The standard InChI is InChI=1S/C24H26N6O3/c1-4-33-23(31)19-12-25-29(14-19)24-27-20-13-26-30(21(20)22(28-24)32-3)15(2)17-10-9-16-7-5-6-8-18(16)11-17/h9-15H,4-8H2,1-3H3/t15-/m0/s1. The molecule has 0 spiro atoms. The second-order valence-electron chi connectivity index (χ2n) is 8.16. The van der Waals surface area contributed by atoms with E-state index in [0.29, 0.717) is 29.1 Å². The molecule has 0 saturated heterocycles. The number of ether oxygens (including phenoxy) is 2. The number of aromatic nitrogens is 6. The summed E-state index contributed by atoms with van der Waals surface area (Å²) in [6, 6.07) is 6.72. The number of aryl methyl sites for hydroxylation is 2. The number of esters is 1. The third-order valence-electron chi connectivity index (χ3n) is 6.11. The van der Waals surface area contributed by atoms with Crippen LogP contribution in [0.25, 0.3) is 17.0 Å². The maximum atomic E-state index is 12.0. The van der Waals surface area contributed by atoms with Gasteiger partial charge in [0.25, 0.3) is 5.95 Å². The summed E-state index contributed by atoms with van der Waals surface area (Å²) < 4.78 is 14.0. The van der Waals surface area contributed by atoms with Gasteiger partial charge in [-0.15, -0.1) is 0 Å². The molecule has 0 amide bonds. The van der Waals surface area contributed by atoms with Crippen LogP contribution in [-0.4, -0.2) is 49.2 Å². The Labute approximate surface area is 191 Å². The first-order valence-electron chi connectivity index (χ1n) is 11.2. The molecule has 0 bridgehead atoms. The molecular weight excluding hydrogens is 420 g/mol. The minimum absolute atomic E-state index is 0.0156. The Morgan fingerprint density at radius 2 is 1.94 bits per heavy atom. The van der Waals surface area contributed by atoms with E-state index < -0.39 is 5.97 Å². The first-order chi connectivity index (χ1) is 16.1. The van der Waals surface area contributed by atoms with Crippen molar-refractivity contribution in [3.63, 3.8) is 0 Å². The summed E-state index contributed by atoms with van der Waals surface area (Å²) in [6.45, 7) is 4.17. The first-order valence-corrected chi connectivity index (χ1v) is 11.2. The molecule has 170 valence electrons. The molecule has 4 aromatic rings. The Kier molecular flexibility index (Phi) is 5.53. The van der Waals surface area contributed by atoms with Gasteiger partial charge in [-0.3, -0.25) is 4.68 Å². The number of carbonyl (C=O) groups is 1. The number of benzene rings is 1. The van der Waals surface area contributed by atoms with Gasteiger partial charge in [0.1, 0.15) is 11.0 Å². The number of hydrogen-bond donors (Lipinski definition) is 0. The highest BCUT2D eigenvalue weighted by Gasteiger charge is 2.21. The summed E-state index contributed by atoms with van der Waals surface area (Å²) in [6.07, 6.45) is 9.46. The molecule has 1 aromatic carbocycles. The normalized spacial score (nSPS) is 14.2. The fraction of sp³-hybridized carbons (Fsp3) is 0.375. The van der Waals surface area contributed by atoms with Crippen LogP contribution >= 0.6 is 0 Å². The lowest BCUT2D eigenvalue weighted by Crippen LogP contribution is -2.12. The van der Waals surface area contributed by atoms with Crippen LogP contribution in [0.4, 0.5) is 0 Å². The van der Waals surface area contributed by atoms with Crippen LogP contribution in [0.15, 0.2) is 36.8 Å². The molecule has 0 radical (unpaired) electrons. The van der Waals surface area contributed by atoms with Crippen LogP contribution < -0.4 is 4.74 Å². The molecule has 3 aromatic heterocycles. The van der Waals surface area contributed by atoms with Crippen molar-refractivity contribution in [3.8, 4) is 11.8 Å². The predicted molar refractivity (Wildman–Crippen MR) is 122 cm³/mol. The van der Waals surface area contributed by atoms with E-state index in [1.165, 1.54) is 40.4 Å². The molecule has 33 heavy (non-hydrogen) atoms. The van der Waals surface area contributed by atoms with Crippen molar-refractivity contribution in [2.45, 2.75) is 45.6 Å². The molecule has 0 saturated carbocycles. The van der Waals surface area contributed by atoms with Gasteiger partial charge in [-0.2, -0.15) is 15.2 Å². The van der Waals surface area contributed by atoms with Crippen molar-refractivity contribution in [2.75, 3.05) is 13.7 Å². The smallest absolute Gasteiger partial charge is 0.341 e. The van der Waals surface area contributed by atoms with Crippen LogP contribution in [0, 0.1) is 0 Å². The number of fused-ring (bicyclic) bond motifs is 2. The summed E-state index contributed by atoms with van der Waals surface area (Å²) in [7, 11) is 1.57. The third kappa shape index (κ3) is 3.83. The van der Waals surface area contributed by atoms with E-state index in [-0.39, 0.29) is 12.0 Å². The molecule has 0 N–H and O–H groups in total. The van der Waals surface area contributed by atoms with E-state index in [0.717, 1.165) is 12.8 Å². The van der Waals surface area contributed by atoms with Gasteiger partial charge >= 0.3 is 5.97 Å². The average Bonchev–Trinajstić information content (AvgIpc) is 3.50. The van der Waals surface area contributed by atoms with Crippen LogP contribution in [0.2, 0.25) is 0 Å². The summed E-state index contributed by atoms with van der Waals surface area (Å²) in [5.41, 5.74) is 5.76. The topological polar surface area (TPSA) is 97.0 Å². The lowest BCUT2D eigenvalue weighted by atomic mass is 9.89. The lowest BCUT2D eigenvalue weighted by molar-refractivity contribution is 0.0526. The number of rotatable bonds is 6. The van der Waals surface area contributed by atoms with Gasteiger partial charge in [-0.25, -0.2) is 14.5 Å². The van der Waals surface area contributed by atoms with Gasteiger partial charge in [0.05, 0.1) is 37.7 Å². The molecule has 9 nitrogen and oxygen atoms in total. The van der Waals surface area contributed by atoms with E-state index in [9.17, 15) is 4.79 Å². The fourth-order valence-electron chi connectivity index (χ4n) is 4.36. The molecule has 1 aliphatic rings. The van der Waals surface area contributed by atoms with Gasteiger partial charge in [-0.1, -0.05) is 18.2 Å². The number of hydrogen-bond acceptors (Lipinski definition) is 7. The van der Waals surface area contributed by atoms with Crippen molar-refractivity contribution in [1.82, 2.24) is 29.5 Å². The Bertz CT molecular complexity index is 1330. The van der Waals surface area contributed by atoms with Crippen LogP contribution in [0.5, 0.6) is 5.88 Å². The molecule has 9 heteroatoms. The second-order valence-corrected chi connectivity index (χ2v) is 8.16. The molecule has 0 aliphatic heterocycles. The van der Waals surface area contributed by atoms with E-state index in [4.69, 9.17) is 9.47 Å². The van der Waals surface area contributed by atoms with Gasteiger partial charge in [0, 0.05) is 6.20 Å². The Morgan fingerprint density at radius 1 is 1.12 bits per heavy atom. The zero-order chi connectivity index (χ0) is 22.9. The largest absolute Gasteiger partial charge is 0.479 e. The first kappa shape index (κ1) is 21.1. The maximum Gasteiger partial charge on any atom is 0.341 e. The molecule has 3 heterocycles. The van der Waals surface area contributed by atoms with Crippen molar-refractivity contribution in [1.29, 1.82) is 0 Å². The molecule has 1 atom stereocenters. The van der Waals surface area contributed by atoms with Crippen molar-refractivity contribution in [2.24, 2.45) is 0 Å². The van der Waals surface area contributed by atoms with Crippen molar-refractivity contribution >= 4 is 17.0 Å². The van der Waals surface area contributed by atoms with Gasteiger partial charge in [-0.05, 0) is 56.2 Å². The number of nitrogens with zero attached hydrogens (tertiary/aromatic N) is 6. The average molecular weight is 447 g/mol. The summed E-state index contributed by atoms with van der Waals surface area (Å²) in [5.74, 6) is 0.241. The minimum atomic E-state index is -0.441. The van der Waals surface area contributed by atoms with E-state index in [1.807, 2.05) is 4.68 Å². The zero-order valence-corrected chi connectivity index (χ0v) is 19.0. The molecule has 0 fully saturated rings. The maximum absolute atomic E-state index is 12.0. The van der Waals surface area contributed by atoms with E-state index in [1.54, 1.807) is 26.4 Å². The molecule has 5 rings (SSSR count). The second kappa shape index (κ2) is 8.65. The predicted octanol–water partition coefficient (Wildman–Crippen LogP) is 3.69. The highest BCUT2D eigenvalue weighted by molar-refractivity contribution is 5.88. The van der Waals surface area contributed by atoms with Crippen LogP contribution in [-0.2, 0) is 17.6 Å². The van der Waals surface area contributed by atoms with Gasteiger partial charge in [0.15, 0.2) is 0 Å². The third-order valence-corrected chi connectivity index (χ3v) is 6.11. The molecular formula is C24H26N6O3. The molecule has 1 aliphatic carbocycles. The lowest BCUT2D eigenvalue weighted by Gasteiger charge is -2.20. The number of methoxy groups -OCH3 is 1. The highest BCUT2D eigenvalue weighted by atomic mass is 16.5. The number of carbonyl (C=O) groups excluding carboxylic acids is 1. The van der Waals surface area contributed by atoms with E-state index >= 15 is 0 Å². The summed E-state index contributed by atoms with van der Waals surface area (Å²) in [4.78, 5) is 21.1. The minimum Gasteiger partial charge on any atom is -0.479 e. The quantitative estimate of drug-likeness (QED) is 0.417. The SMILES string of the molecule is CCOC(=O)c1cnn(-c2nc(OC)c3c(cnn3[C@@H](C)c3ccc4c(c3)CCCC4)n2)c1. The van der Waals surface area contributed by atoms with Crippen LogP contribution in [0.3, 0.4) is 0 Å². The van der Waals surface area contributed by atoms with Gasteiger partial charge < -0.3 is 9.47 Å². The fourth-order valence-corrected chi connectivity index (χ4v) is 4.36. The monoisotopic (exact) mass is 446 g/mol.